The molecule has 1 aromatic rings. The van der Waals surface area contributed by atoms with Crippen LogP contribution in [0.25, 0.3) is 0 Å². The normalized spacial score (nSPS) is 20.6. The molecular formula is C12H17N3. The van der Waals surface area contributed by atoms with Gasteiger partial charge >= 0.3 is 0 Å². The highest BCUT2D eigenvalue weighted by atomic mass is 15.3. The Bertz CT molecular complexity index is 321. The van der Waals surface area contributed by atoms with Crippen molar-refractivity contribution in [1.29, 1.82) is 0 Å². The van der Waals surface area contributed by atoms with Crippen LogP contribution in [0.2, 0.25) is 0 Å². The molecule has 3 nitrogen and oxygen atoms in total. The van der Waals surface area contributed by atoms with Gasteiger partial charge in [-0.05, 0) is 24.8 Å². The van der Waals surface area contributed by atoms with Crippen LogP contribution in [0.3, 0.4) is 0 Å². The molecule has 0 fully saturated rings. The zero-order chi connectivity index (χ0) is 10.5. The topological polar surface area (TPSA) is 28.2 Å². The number of hydrogen-bond donors (Lipinski definition) is 1. The standard InChI is InChI=1S/C12H17N3/c1-2-12-14-8-5-9-15(12)10-11-6-3-4-7-13-11/h3-7,9,12,14H,2,8,10H2,1H3. The monoisotopic (exact) mass is 203 g/mol. The minimum absolute atomic E-state index is 0.442. The summed E-state index contributed by atoms with van der Waals surface area (Å²) in [5.74, 6) is 0. The van der Waals surface area contributed by atoms with E-state index in [1.54, 1.807) is 0 Å². The number of rotatable bonds is 3. The zero-order valence-electron chi connectivity index (χ0n) is 9.06. The fourth-order valence-corrected chi connectivity index (χ4v) is 1.83. The number of aromatic nitrogens is 1. The Kier molecular flexibility index (Phi) is 3.35. The van der Waals surface area contributed by atoms with Crippen molar-refractivity contribution >= 4 is 0 Å². The summed E-state index contributed by atoms with van der Waals surface area (Å²) in [6, 6.07) is 6.05. The van der Waals surface area contributed by atoms with Crippen LogP contribution in [-0.2, 0) is 6.54 Å². The van der Waals surface area contributed by atoms with Gasteiger partial charge in [-0.25, -0.2) is 0 Å². The van der Waals surface area contributed by atoms with Gasteiger partial charge in [0.2, 0.25) is 0 Å². The number of nitrogens with one attached hydrogen (secondary N) is 1. The Labute approximate surface area is 90.8 Å². The van der Waals surface area contributed by atoms with Crippen molar-refractivity contribution in [3.8, 4) is 0 Å². The first-order valence-electron chi connectivity index (χ1n) is 5.46. The number of hydrogen-bond acceptors (Lipinski definition) is 3. The lowest BCUT2D eigenvalue weighted by Crippen LogP contribution is -2.45. The third-order valence-electron chi connectivity index (χ3n) is 2.63. The van der Waals surface area contributed by atoms with Crippen molar-refractivity contribution in [3.63, 3.8) is 0 Å². The largest absolute Gasteiger partial charge is 0.357 e. The summed E-state index contributed by atoms with van der Waals surface area (Å²) in [7, 11) is 0. The van der Waals surface area contributed by atoms with Crippen LogP contribution in [0.4, 0.5) is 0 Å². The van der Waals surface area contributed by atoms with Crippen LogP contribution in [0.15, 0.2) is 36.7 Å². The molecule has 1 aromatic heterocycles. The van der Waals surface area contributed by atoms with E-state index in [0.29, 0.717) is 6.17 Å². The summed E-state index contributed by atoms with van der Waals surface area (Å²) in [4.78, 5) is 6.64. The van der Waals surface area contributed by atoms with Crippen LogP contribution in [0.5, 0.6) is 0 Å². The summed E-state index contributed by atoms with van der Waals surface area (Å²) in [6.45, 7) is 4.04. The average Bonchev–Trinajstić information content (AvgIpc) is 2.31. The van der Waals surface area contributed by atoms with Gasteiger partial charge in [0.05, 0.1) is 18.4 Å². The van der Waals surface area contributed by atoms with Crippen molar-refractivity contribution in [3.05, 3.63) is 42.4 Å². The first-order valence-corrected chi connectivity index (χ1v) is 5.46. The highest BCUT2D eigenvalue weighted by molar-refractivity contribution is 5.05. The minimum atomic E-state index is 0.442. The summed E-state index contributed by atoms with van der Waals surface area (Å²) in [5.41, 5.74) is 1.12. The van der Waals surface area contributed by atoms with E-state index in [0.717, 1.165) is 25.2 Å². The highest BCUT2D eigenvalue weighted by Gasteiger charge is 2.15. The van der Waals surface area contributed by atoms with E-state index in [9.17, 15) is 0 Å². The van der Waals surface area contributed by atoms with Crippen molar-refractivity contribution < 1.29 is 0 Å². The van der Waals surface area contributed by atoms with Gasteiger partial charge in [-0.15, -0.1) is 0 Å². The minimum Gasteiger partial charge on any atom is -0.357 e. The molecule has 80 valence electrons. The molecule has 1 aliphatic rings. The maximum Gasteiger partial charge on any atom is 0.0794 e. The molecule has 15 heavy (non-hydrogen) atoms. The van der Waals surface area contributed by atoms with E-state index in [4.69, 9.17) is 0 Å². The Morgan fingerprint density at radius 3 is 3.20 bits per heavy atom. The van der Waals surface area contributed by atoms with Crippen molar-refractivity contribution in [2.45, 2.75) is 26.1 Å². The molecule has 0 aromatic carbocycles. The molecular weight excluding hydrogens is 186 g/mol. The van der Waals surface area contributed by atoms with Gasteiger partial charge in [-0.2, -0.15) is 0 Å². The average molecular weight is 203 g/mol. The molecule has 1 aliphatic heterocycles. The number of nitrogens with zero attached hydrogens (tertiary/aromatic N) is 2. The molecule has 0 aliphatic carbocycles. The molecule has 1 N–H and O–H groups in total. The van der Waals surface area contributed by atoms with Crippen molar-refractivity contribution in [2.24, 2.45) is 0 Å². The predicted octanol–water partition coefficient (Wildman–Crippen LogP) is 1.74. The van der Waals surface area contributed by atoms with Crippen LogP contribution in [0.1, 0.15) is 19.0 Å². The summed E-state index contributed by atoms with van der Waals surface area (Å²) >= 11 is 0. The SMILES string of the molecule is CCC1NCC=CN1Cc1ccccn1. The van der Waals surface area contributed by atoms with Gasteiger partial charge in [0.15, 0.2) is 0 Å². The molecule has 1 unspecified atom stereocenters. The molecule has 3 heteroatoms. The zero-order valence-corrected chi connectivity index (χ0v) is 9.06. The lowest BCUT2D eigenvalue weighted by molar-refractivity contribution is 0.210. The van der Waals surface area contributed by atoms with E-state index in [1.165, 1.54) is 0 Å². The highest BCUT2D eigenvalue weighted by Crippen LogP contribution is 2.10. The molecule has 2 rings (SSSR count). The molecule has 2 heterocycles. The van der Waals surface area contributed by atoms with Crippen molar-refractivity contribution in [2.75, 3.05) is 6.54 Å². The third kappa shape index (κ3) is 2.57. The molecule has 0 saturated carbocycles. The maximum atomic E-state index is 4.34. The van der Waals surface area contributed by atoms with Crippen LogP contribution in [0, 0.1) is 0 Å². The van der Waals surface area contributed by atoms with Gasteiger partial charge in [0, 0.05) is 12.7 Å². The molecule has 0 amide bonds. The molecule has 1 atom stereocenters. The first kappa shape index (κ1) is 10.2. The van der Waals surface area contributed by atoms with Crippen LogP contribution in [-0.4, -0.2) is 22.6 Å². The van der Waals surface area contributed by atoms with Crippen LogP contribution >= 0.6 is 0 Å². The van der Waals surface area contributed by atoms with Crippen LogP contribution < -0.4 is 5.32 Å². The molecule has 0 spiro atoms. The lowest BCUT2D eigenvalue weighted by Gasteiger charge is -2.33. The van der Waals surface area contributed by atoms with E-state index in [-0.39, 0.29) is 0 Å². The Balaban J connectivity index is 2.04. The Morgan fingerprint density at radius 2 is 2.47 bits per heavy atom. The Hall–Kier alpha value is -1.35. The lowest BCUT2D eigenvalue weighted by atomic mass is 10.2. The number of pyridine rings is 1. The van der Waals surface area contributed by atoms with Crippen molar-refractivity contribution in [1.82, 2.24) is 15.2 Å². The summed E-state index contributed by atoms with van der Waals surface area (Å²) < 4.78 is 0. The van der Waals surface area contributed by atoms with E-state index >= 15 is 0 Å². The Morgan fingerprint density at radius 1 is 1.53 bits per heavy atom. The summed E-state index contributed by atoms with van der Waals surface area (Å²) in [5, 5.41) is 3.45. The molecule has 0 bridgehead atoms. The van der Waals surface area contributed by atoms with E-state index in [1.807, 2.05) is 18.3 Å². The summed E-state index contributed by atoms with van der Waals surface area (Å²) in [6.07, 6.45) is 7.71. The maximum absolute atomic E-state index is 4.34. The van der Waals surface area contributed by atoms with E-state index < -0.39 is 0 Å². The fraction of sp³-hybridized carbons (Fsp3) is 0.417. The molecule has 0 radical (unpaired) electrons. The van der Waals surface area contributed by atoms with E-state index in [2.05, 4.69) is 40.5 Å². The fourth-order valence-electron chi connectivity index (χ4n) is 1.83. The smallest absolute Gasteiger partial charge is 0.0794 e. The van der Waals surface area contributed by atoms with Gasteiger partial charge in [-0.1, -0.05) is 19.1 Å². The third-order valence-corrected chi connectivity index (χ3v) is 2.63. The first-order chi connectivity index (χ1) is 7.40. The predicted molar refractivity (Wildman–Crippen MR) is 61.0 cm³/mol. The second-order valence-electron chi connectivity index (χ2n) is 3.71. The van der Waals surface area contributed by atoms with Gasteiger partial charge < -0.3 is 4.90 Å². The van der Waals surface area contributed by atoms with Gasteiger partial charge in [-0.3, -0.25) is 10.3 Å². The quantitative estimate of drug-likeness (QED) is 0.811. The van der Waals surface area contributed by atoms with Gasteiger partial charge in [0.25, 0.3) is 0 Å². The van der Waals surface area contributed by atoms with Gasteiger partial charge in [0.1, 0.15) is 0 Å². The molecule has 0 saturated heterocycles. The second kappa shape index (κ2) is 4.94. The second-order valence-corrected chi connectivity index (χ2v) is 3.71.